The summed E-state index contributed by atoms with van der Waals surface area (Å²) in [5.41, 5.74) is 0. The summed E-state index contributed by atoms with van der Waals surface area (Å²) in [4.78, 5) is 38.1. The Morgan fingerprint density at radius 2 is 0.603 bits per heavy atom. The maximum Gasteiger partial charge on any atom is 0.306 e. The van der Waals surface area contributed by atoms with Gasteiger partial charge in [-0.3, -0.25) is 14.4 Å². The number of hydrogen-bond donors (Lipinski definition) is 0. The van der Waals surface area contributed by atoms with Crippen LogP contribution < -0.4 is 0 Å². The zero-order chi connectivity index (χ0) is 46.1. The molecule has 0 fully saturated rings. The molecule has 0 spiro atoms. The van der Waals surface area contributed by atoms with Gasteiger partial charge in [0.1, 0.15) is 13.2 Å². The van der Waals surface area contributed by atoms with E-state index >= 15 is 0 Å². The molecule has 0 saturated heterocycles. The largest absolute Gasteiger partial charge is 0.462 e. The summed E-state index contributed by atoms with van der Waals surface area (Å²) in [6.07, 6.45) is 52.3. The molecule has 6 nitrogen and oxygen atoms in total. The van der Waals surface area contributed by atoms with Crippen LogP contribution >= 0.6 is 0 Å². The minimum Gasteiger partial charge on any atom is -0.462 e. The van der Waals surface area contributed by atoms with Crippen LogP contribution in [0.25, 0.3) is 0 Å². The summed E-state index contributed by atoms with van der Waals surface area (Å²) in [6, 6.07) is 0. The first-order valence-corrected chi connectivity index (χ1v) is 28.3. The molecule has 0 bridgehead atoms. The van der Waals surface area contributed by atoms with Gasteiger partial charge in [0.05, 0.1) is 0 Å². The summed E-state index contributed by atoms with van der Waals surface area (Å²) >= 11 is 0. The molecule has 0 saturated carbocycles. The van der Waals surface area contributed by atoms with E-state index in [-0.39, 0.29) is 31.1 Å². The lowest BCUT2D eigenvalue weighted by Gasteiger charge is -2.18. The standard InChI is InChI=1S/C57H110O6/c1-6-8-9-10-11-12-13-14-15-20-23-28-34-39-44-49-57(60)63-54(51-62-56(59)48-43-38-33-29-24-25-30-35-40-45-52(3)4)50-61-55(58)47-42-37-32-27-22-19-17-16-18-21-26-31-36-41-46-53(5)7-2/h52-54H,6-51H2,1-5H3/t53?,54-/m0/s1. The van der Waals surface area contributed by atoms with E-state index in [1.165, 1.54) is 205 Å². The van der Waals surface area contributed by atoms with Gasteiger partial charge < -0.3 is 14.2 Å². The average molecular weight is 892 g/mol. The Morgan fingerprint density at radius 3 is 0.905 bits per heavy atom. The van der Waals surface area contributed by atoms with Crippen LogP contribution in [0.1, 0.15) is 317 Å². The van der Waals surface area contributed by atoms with Crippen LogP contribution in [0.2, 0.25) is 0 Å². The van der Waals surface area contributed by atoms with Crippen molar-refractivity contribution in [2.24, 2.45) is 11.8 Å². The molecular formula is C57H110O6. The third kappa shape index (κ3) is 49.7. The first-order valence-electron chi connectivity index (χ1n) is 28.3. The molecule has 374 valence electrons. The lowest BCUT2D eigenvalue weighted by molar-refractivity contribution is -0.167. The minimum absolute atomic E-state index is 0.0631. The third-order valence-corrected chi connectivity index (χ3v) is 13.3. The van der Waals surface area contributed by atoms with Crippen molar-refractivity contribution in [1.29, 1.82) is 0 Å². The highest BCUT2D eigenvalue weighted by atomic mass is 16.6. The summed E-state index contributed by atoms with van der Waals surface area (Å²) in [5.74, 6) is 0.862. The smallest absolute Gasteiger partial charge is 0.306 e. The molecule has 0 aliphatic heterocycles. The number of ether oxygens (including phenoxy) is 3. The number of unbranched alkanes of at least 4 members (excludes halogenated alkanes) is 35. The van der Waals surface area contributed by atoms with Crippen LogP contribution in [0, 0.1) is 11.8 Å². The van der Waals surface area contributed by atoms with Gasteiger partial charge in [-0.15, -0.1) is 0 Å². The topological polar surface area (TPSA) is 78.9 Å². The van der Waals surface area contributed by atoms with E-state index in [1.807, 2.05) is 0 Å². The van der Waals surface area contributed by atoms with E-state index < -0.39 is 6.10 Å². The number of hydrogen-bond acceptors (Lipinski definition) is 6. The predicted molar refractivity (Wildman–Crippen MR) is 270 cm³/mol. The minimum atomic E-state index is -0.762. The van der Waals surface area contributed by atoms with Crippen molar-refractivity contribution in [2.45, 2.75) is 323 Å². The van der Waals surface area contributed by atoms with Crippen molar-refractivity contribution in [1.82, 2.24) is 0 Å². The fraction of sp³-hybridized carbons (Fsp3) is 0.947. The van der Waals surface area contributed by atoms with Gasteiger partial charge in [0.25, 0.3) is 0 Å². The van der Waals surface area contributed by atoms with Gasteiger partial charge in [-0.25, -0.2) is 0 Å². The molecule has 0 aliphatic carbocycles. The van der Waals surface area contributed by atoms with Gasteiger partial charge in [0.15, 0.2) is 6.10 Å². The van der Waals surface area contributed by atoms with Crippen molar-refractivity contribution >= 4 is 17.9 Å². The second-order valence-corrected chi connectivity index (χ2v) is 20.3. The average Bonchev–Trinajstić information content (AvgIpc) is 3.27. The molecule has 0 radical (unpaired) electrons. The van der Waals surface area contributed by atoms with Gasteiger partial charge in [-0.05, 0) is 31.1 Å². The van der Waals surface area contributed by atoms with E-state index in [0.717, 1.165) is 69.6 Å². The van der Waals surface area contributed by atoms with Crippen LogP contribution in [-0.4, -0.2) is 37.2 Å². The Morgan fingerprint density at radius 1 is 0.333 bits per heavy atom. The number of carbonyl (C=O) groups excluding carboxylic acids is 3. The molecule has 63 heavy (non-hydrogen) atoms. The molecule has 6 heteroatoms. The maximum absolute atomic E-state index is 12.8. The number of rotatable bonds is 51. The Kier molecular flexibility index (Phi) is 48.6. The number of esters is 3. The van der Waals surface area contributed by atoms with E-state index in [9.17, 15) is 14.4 Å². The fourth-order valence-electron chi connectivity index (χ4n) is 8.66. The van der Waals surface area contributed by atoms with Gasteiger partial charge in [0.2, 0.25) is 0 Å². The zero-order valence-corrected chi connectivity index (χ0v) is 43.2. The Bertz CT molecular complexity index is 964. The zero-order valence-electron chi connectivity index (χ0n) is 43.2. The summed E-state index contributed by atoms with van der Waals surface area (Å²) in [5, 5.41) is 0. The predicted octanol–water partition coefficient (Wildman–Crippen LogP) is 18.5. The molecule has 0 aromatic heterocycles. The molecule has 0 heterocycles. The van der Waals surface area contributed by atoms with Gasteiger partial charge >= 0.3 is 17.9 Å². The van der Waals surface area contributed by atoms with E-state index in [4.69, 9.17) is 14.2 Å². The van der Waals surface area contributed by atoms with Gasteiger partial charge in [-0.1, -0.05) is 279 Å². The van der Waals surface area contributed by atoms with E-state index in [0.29, 0.717) is 19.3 Å². The van der Waals surface area contributed by atoms with Crippen LogP contribution in [-0.2, 0) is 28.6 Å². The first-order chi connectivity index (χ1) is 30.8. The highest BCUT2D eigenvalue weighted by Crippen LogP contribution is 2.18. The van der Waals surface area contributed by atoms with Crippen molar-refractivity contribution in [3.05, 3.63) is 0 Å². The molecule has 0 aromatic carbocycles. The molecule has 1 unspecified atom stereocenters. The molecule has 2 atom stereocenters. The molecule has 0 aliphatic rings. The number of carbonyl (C=O) groups is 3. The van der Waals surface area contributed by atoms with Crippen molar-refractivity contribution in [3.8, 4) is 0 Å². The van der Waals surface area contributed by atoms with E-state index in [1.54, 1.807) is 0 Å². The lowest BCUT2D eigenvalue weighted by atomic mass is 9.99. The van der Waals surface area contributed by atoms with Crippen LogP contribution in [0.3, 0.4) is 0 Å². The molecule has 0 rings (SSSR count). The molecule has 0 aromatic rings. The van der Waals surface area contributed by atoms with Crippen LogP contribution in [0.15, 0.2) is 0 Å². The van der Waals surface area contributed by atoms with Crippen molar-refractivity contribution in [3.63, 3.8) is 0 Å². The monoisotopic (exact) mass is 891 g/mol. The van der Waals surface area contributed by atoms with Crippen LogP contribution in [0.4, 0.5) is 0 Å². The summed E-state index contributed by atoms with van der Waals surface area (Å²) < 4.78 is 16.9. The molecule has 0 amide bonds. The first kappa shape index (κ1) is 61.4. The Labute approximate surface area is 393 Å². The van der Waals surface area contributed by atoms with E-state index in [2.05, 4.69) is 34.6 Å². The van der Waals surface area contributed by atoms with Crippen LogP contribution in [0.5, 0.6) is 0 Å². The van der Waals surface area contributed by atoms with Gasteiger partial charge in [0, 0.05) is 19.3 Å². The summed E-state index contributed by atoms with van der Waals surface area (Å²) in [6.45, 7) is 11.4. The quantitative estimate of drug-likeness (QED) is 0.0344. The van der Waals surface area contributed by atoms with Crippen molar-refractivity contribution in [2.75, 3.05) is 13.2 Å². The maximum atomic E-state index is 12.8. The third-order valence-electron chi connectivity index (χ3n) is 13.3. The van der Waals surface area contributed by atoms with Crippen molar-refractivity contribution < 1.29 is 28.6 Å². The molecule has 0 N–H and O–H groups in total. The highest BCUT2D eigenvalue weighted by molar-refractivity contribution is 5.71. The summed E-state index contributed by atoms with van der Waals surface area (Å²) in [7, 11) is 0. The Hall–Kier alpha value is -1.59. The van der Waals surface area contributed by atoms with Gasteiger partial charge in [-0.2, -0.15) is 0 Å². The second-order valence-electron chi connectivity index (χ2n) is 20.3. The lowest BCUT2D eigenvalue weighted by Crippen LogP contribution is -2.30. The SMILES string of the molecule is CCCCCCCCCCCCCCCCCC(=O)O[C@@H](COC(=O)CCCCCCCCCCCCCCCCC(C)CC)COC(=O)CCCCCCCCCCCC(C)C. The Balaban J connectivity index is 4.28. The normalized spacial score (nSPS) is 12.5. The highest BCUT2D eigenvalue weighted by Gasteiger charge is 2.19. The molecular weight excluding hydrogens is 781 g/mol. The fourth-order valence-corrected chi connectivity index (χ4v) is 8.66. The second kappa shape index (κ2) is 49.8.